The van der Waals surface area contributed by atoms with Crippen molar-refractivity contribution >= 4 is 11.9 Å². The van der Waals surface area contributed by atoms with E-state index in [-0.39, 0.29) is 11.8 Å². The summed E-state index contributed by atoms with van der Waals surface area (Å²) in [5.74, 6) is -2.28. The normalized spacial score (nSPS) is 20.4. The predicted octanol–water partition coefficient (Wildman–Crippen LogP) is 5.30. The van der Waals surface area contributed by atoms with E-state index < -0.39 is 11.9 Å². The van der Waals surface area contributed by atoms with Gasteiger partial charge in [0.15, 0.2) is 6.67 Å². The van der Waals surface area contributed by atoms with Crippen LogP contribution < -0.4 is 0 Å². The van der Waals surface area contributed by atoms with E-state index >= 15 is 0 Å². The second-order valence-electron chi connectivity index (χ2n) is 9.30. The third-order valence-corrected chi connectivity index (χ3v) is 6.46. The summed E-state index contributed by atoms with van der Waals surface area (Å²) in [5.41, 5.74) is 0. The van der Waals surface area contributed by atoms with E-state index in [0.29, 0.717) is 17.3 Å². The summed E-state index contributed by atoms with van der Waals surface area (Å²) in [4.78, 5) is 24.8. The molecule has 1 aliphatic rings. The van der Waals surface area contributed by atoms with E-state index in [9.17, 15) is 19.8 Å². The lowest BCUT2D eigenvalue weighted by atomic mass is 10.1. The Balaban J connectivity index is 2.39. The van der Waals surface area contributed by atoms with Gasteiger partial charge in [-0.25, -0.2) is 0 Å². The molecule has 2 unspecified atom stereocenters. The fourth-order valence-electron chi connectivity index (χ4n) is 4.01. The molecular formula is C24H45N2O4+. The number of carboxylic acid groups (broad SMARTS) is 2. The summed E-state index contributed by atoms with van der Waals surface area (Å²) in [6.07, 6.45) is 17.3. The minimum atomic E-state index is -0.762. The lowest BCUT2D eigenvalue weighted by Crippen LogP contribution is -2.47. The van der Waals surface area contributed by atoms with Gasteiger partial charge in [0.25, 0.3) is 0 Å². The maximum Gasteiger partial charge on any atom is 0.306 e. The molecule has 0 aromatic heterocycles. The molecule has 30 heavy (non-hydrogen) atoms. The smallest absolute Gasteiger partial charge is 0.306 e. The Bertz CT molecular complexity index is 511. The van der Waals surface area contributed by atoms with E-state index in [1.165, 1.54) is 57.8 Å². The Hall–Kier alpha value is -1.56. The van der Waals surface area contributed by atoms with Gasteiger partial charge in [-0.3, -0.25) is 14.1 Å². The number of hydrogen-bond donors (Lipinski definition) is 2. The first kappa shape index (κ1) is 26.5. The zero-order valence-corrected chi connectivity index (χ0v) is 19.5. The van der Waals surface area contributed by atoms with Crippen molar-refractivity contribution in [1.82, 2.24) is 4.90 Å². The van der Waals surface area contributed by atoms with Crippen LogP contribution in [0.5, 0.6) is 0 Å². The standard InChI is InChI=1S/C24H44N2O4/c1-4-5-6-7-8-9-10-11-12-15-25-16-19-26(20-25,17-13-21(2)23(27)28)18-14-22(3)24(29)30/h16,19,21-22H,4-15,17-18,20H2,1-3H3,(H-,27,28,29,30)/p+1. The van der Waals surface area contributed by atoms with Crippen molar-refractivity contribution in [3.05, 3.63) is 12.4 Å². The molecule has 6 heteroatoms. The van der Waals surface area contributed by atoms with E-state index in [0.717, 1.165) is 26.3 Å². The van der Waals surface area contributed by atoms with Crippen molar-refractivity contribution in [3.8, 4) is 0 Å². The maximum atomic E-state index is 11.2. The molecule has 174 valence electrons. The van der Waals surface area contributed by atoms with Crippen LogP contribution in [0.3, 0.4) is 0 Å². The van der Waals surface area contributed by atoms with Gasteiger partial charge in [-0.2, -0.15) is 0 Å². The molecule has 0 saturated carbocycles. The number of aliphatic carboxylic acids is 2. The minimum Gasteiger partial charge on any atom is -0.481 e. The van der Waals surface area contributed by atoms with Crippen molar-refractivity contribution in [3.63, 3.8) is 0 Å². The van der Waals surface area contributed by atoms with Gasteiger partial charge in [-0.1, -0.05) is 72.1 Å². The van der Waals surface area contributed by atoms with Crippen LogP contribution in [0, 0.1) is 11.8 Å². The molecule has 1 aliphatic heterocycles. The van der Waals surface area contributed by atoms with Crippen molar-refractivity contribution in [2.45, 2.75) is 91.4 Å². The van der Waals surface area contributed by atoms with Crippen molar-refractivity contribution < 1.29 is 24.3 Å². The maximum absolute atomic E-state index is 11.2. The molecule has 6 nitrogen and oxygen atoms in total. The van der Waals surface area contributed by atoms with Gasteiger partial charge in [0.2, 0.25) is 0 Å². The Morgan fingerprint density at radius 1 is 0.867 bits per heavy atom. The van der Waals surface area contributed by atoms with Gasteiger partial charge in [0.05, 0.1) is 31.1 Å². The molecule has 0 saturated heterocycles. The number of unbranched alkanes of at least 4 members (excludes halogenated alkanes) is 8. The lowest BCUT2D eigenvalue weighted by Gasteiger charge is -2.34. The fourth-order valence-corrected chi connectivity index (χ4v) is 4.01. The van der Waals surface area contributed by atoms with Gasteiger partial charge < -0.3 is 15.1 Å². The topological polar surface area (TPSA) is 77.8 Å². The Morgan fingerprint density at radius 2 is 1.33 bits per heavy atom. The van der Waals surface area contributed by atoms with Gasteiger partial charge in [0.1, 0.15) is 6.20 Å². The lowest BCUT2D eigenvalue weighted by molar-refractivity contribution is -0.882. The van der Waals surface area contributed by atoms with Gasteiger partial charge in [-0.05, 0) is 6.42 Å². The SMILES string of the molecule is CCCCCCCCCCCN1C=C[N+](CCC(C)C(=O)O)(CCC(C)C(=O)O)C1. The summed E-state index contributed by atoms with van der Waals surface area (Å²) < 4.78 is 0.673. The number of carbonyl (C=O) groups is 2. The van der Waals surface area contributed by atoms with Gasteiger partial charge in [-0.15, -0.1) is 0 Å². The zero-order chi connectivity index (χ0) is 22.4. The monoisotopic (exact) mass is 425 g/mol. The molecule has 0 aliphatic carbocycles. The largest absolute Gasteiger partial charge is 0.481 e. The number of carboxylic acids is 2. The average Bonchev–Trinajstić information content (AvgIpc) is 3.12. The van der Waals surface area contributed by atoms with E-state index in [1.54, 1.807) is 13.8 Å². The highest BCUT2D eigenvalue weighted by atomic mass is 16.4. The van der Waals surface area contributed by atoms with Crippen LogP contribution in [0.15, 0.2) is 12.4 Å². The second-order valence-corrected chi connectivity index (χ2v) is 9.30. The van der Waals surface area contributed by atoms with Crippen LogP contribution in [0.4, 0.5) is 0 Å². The third-order valence-electron chi connectivity index (χ3n) is 6.46. The zero-order valence-electron chi connectivity index (χ0n) is 19.5. The van der Waals surface area contributed by atoms with E-state index in [4.69, 9.17) is 0 Å². The van der Waals surface area contributed by atoms with Crippen LogP contribution in [0.2, 0.25) is 0 Å². The Labute approximate surface area is 183 Å². The molecule has 0 fully saturated rings. The van der Waals surface area contributed by atoms with Crippen molar-refractivity contribution in [2.75, 3.05) is 26.3 Å². The van der Waals surface area contributed by atoms with Crippen molar-refractivity contribution in [1.29, 1.82) is 0 Å². The Morgan fingerprint density at radius 3 is 1.80 bits per heavy atom. The van der Waals surface area contributed by atoms with Crippen LogP contribution in [0.25, 0.3) is 0 Å². The fraction of sp³-hybridized carbons (Fsp3) is 0.833. The molecule has 0 amide bonds. The molecule has 2 atom stereocenters. The first-order valence-corrected chi connectivity index (χ1v) is 12.0. The first-order valence-electron chi connectivity index (χ1n) is 12.0. The predicted molar refractivity (Wildman–Crippen MR) is 121 cm³/mol. The van der Waals surface area contributed by atoms with Crippen LogP contribution in [-0.2, 0) is 9.59 Å². The minimum absolute atomic E-state index is 0.378. The molecular weight excluding hydrogens is 380 g/mol. The van der Waals surface area contributed by atoms with Crippen LogP contribution >= 0.6 is 0 Å². The van der Waals surface area contributed by atoms with Gasteiger partial charge in [0, 0.05) is 19.4 Å². The summed E-state index contributed by atoms with van der Waals surface area (Å²) in [5, 5.41) is 18.4. The number of hydrogen-bond acceptors (Lipinski definition) is 3. The number of rotatable bonds is 18. The molecule has 0 aromatic carbocycles. The number of quaternary nitrogens is 1. The molecule has 0 aromatic rings. The average molecular weight is 426 g/mol. The highest BCUT2D eigenvalue weighted by Crippen LogP contribution is 2.24. The molecule has 0 radical (unpaired) electrons. The first-order chi connectivity index (χ1) is 14.3. The highest BCUT2D eigenvalue weighted by molar-refractivity contribution is 5.69. The highest BCUT2D eigenvalue weighted by Gasteiger charge is 2.33. The van der Waals surface area contributed by atoms with Crippen molar-refractivity contribution in [2.24, 2.45) is 11.8 Å². The Kier molecular flexibility index (Phi) is 12.7. The summed E-state index contributed by atoms with van der Waals surface area (Å²) in [6, 6.07) is 0. The summed E-state index contributed by atoms with van der Waals surface area (Å²) >= 11 is 0. The van der Waals surface area contributed by atoms with E-state index in [1.807, 2.05) is 0 Å². The molecule has 0 spiro atoms. The summed E-state index contributed by atoms with van der Waals surface area (Å²) in [7, 11) is 0. The number of nitrogens with zero attached hydrogens (tertiary/aromatic N) is 2. The van der Waals surface area contributed by atoms with Crippen LogP contribution in [-0.4, -0.2) is 57.8 Å². The van der Waals surface area contributed by atoms with Crippen LogP contribution in [0.1, 0.15) is 91.4 Å². The molecule has 1 heterocycles. The molecule has 1 rings (SSSR count). The quantitative estimate of drug-likeness (QED) is 0.230. The summed E-state index contributed by atoms with van der Waals surface area (Å²) in [6.45, 7) is 9.08. The van der Waals surface area contributed by atoms with Gasteiger partial charge >= 0.3 is 11.9 Å². The third kappa shape index (κ3) is 10.5. The molecule has 0 bridgehead atoms. The van der Waals surface area contributed by atoms with E-state index in [2.05, 4.69) is 24.2 Å². The molecule has 2 N–H and O–H groups in total. The second kappa shape index (κ2) is 14.4.